The number of hydrogen-bond donors (Lipinski definition) is 2. The summed E-state index contributed by atoms with van der Waals surface area (Å²) in [7, 11) is -8.13. The first-order chi connectivity index (χ1) is 16.0. The van der Waals surface area contributed by atoms with Crippen LogP contribution in [0.4, 0.5) is 20.2 Å². The number of nitrogens with zero attached hydrogens (tertiary/aromatic N) is 2. The van der Waals surface area contributed by atoms with Gasteiger partial charge in [0.2, 0.25) is 0 Å². The van der Waals surface area contributed by atoms with Crippen molar-refractivity contribution in [1.82, 2.24) is 0 Å². The second-order valence-corrected chi connectivity index (χ2v) is 9.91. The molecule has 9 nitrogen and oxygen atoms in total. The van der Waals surface area contributed by atoms with E-state index >= 15 is 0 Å². The number of benzene rings is 3. The van der Waals surface area contributed by atoms with Crippen LogP contribution in [0.2, 0.25) is 0 Å². The smallest absolute Gasteiger partial charge is 0.265 e. The summed E-state index contributed by atoms with van der Waals surface area (Å²) < 4.78 is 89.0. The zero-order valence-electron chi connectivity index (χ0n) is 17.2. The Kier molecular flexibility index (Phi) is 6.72. The molecule has 0 aliphatic carbocycles. The van der Waals surface area contributed by atoms with Crippen LogP contribution in [0.15, 0.2) is 64.4 Å². The molecular weight excluding hydrogens is 490 g/mol. The Morgan fingerprint density at radius 3 is 1.76 bits per heavy atom. The van der Waals surface area contributed by atoms with E-state index in [0.717, 1.165) is 31.4 Å². The predicted molar refractivity (Wildman–Crippen MR) is 117 cm³/mol. The highest BCUT2D eigenvalue weighted by molar-refractivity contribution is 7.93. The summed E-state index contributed by atoms with van der Waals surface area (Å²) in [5, 5.41) is 18.3. The van der Waals surface area contributed by atoms with E-state index in [-0.39, 0.29) is 16.9 Å². The monoisotopic (exact) mass is 504 g/mol. The molecule has 0 amide bonds. The van der Waals surface area contributed by atoms with Crippen LogP contribution in [0.3, 0.4) is 0 Å². The molecule has 174 valence electrons. The molecule has 3 rings (SSSR count). The van der Waals surface area contributed by atoms with Gasteiger partial charge in [-0.2, -0.15) is 10.5 Å². The van der Waals surface area contributed by atoms with Crippen LogP contribution >= 0.6 is 0 Å². The van der Waals surface area contributed by atoms with Crippen LogP contribution in [0, 0.1) is 34.3 Å². The number of nitriles is 2. The van der Waals surface area contributed by atoms with Crippen molar-refractivity contribution >= 4 is 31.4 Å². The third-order valence-electron chi connectivity index (χ3n) is 4.48. The van der Waals surface area contributed by atoms with Gasteiger partial charge in [0.15, 0.2) is 0 Å². The van der Waals surface area contributed by atoms with Gasteiger partial charge in [-0.05, 0) is 42.5 Å². The largest absolute Gasteiger partial charge is 0.495 e. The third-order valence-corrected chi connectivity index (χ3v) is 7.19. The molecule has 13 heteroatoms. The van der Waals surface area contributed by atoms with E-state index in [1.165, 1.54) is 24.3 Å². The molecule has 0 bridgehead atoms. The Hall–Kier alpha value is -4.20. The van der Waals surface area contributed by atoms with E-state index in [1.807, 2.05) is 9.44 Å². The maximum Gasteiger partial charge on any atom is 0.265 e. The molecule has 0 heterocycles. The summed E-state index contributed by atoms with van der Waals surface area (Å²) in [4.78, 5) is -1.31. The number of nitrogens with one attached hydrogen (secondary N) is 2. The minimum atomic E-state index is -4.67. The van der Waals surface area contributed by atoms with Crippen LogP contribution in [0.25, 0.3) is 0 Å². The second kappa shape index (κ2) is 9.35. The lowest BCUT2D eigenvalue weighted by molar-refractivity contribution is 0.402. The Labute approximate surface area is 193 Å². The lowest BCUT2D eigenvalue weighted by atomic mass is 10.2. The highest BCUT2D eigenvalue weighted by atomic mass is 32.2. The van der Waals surface area contributed by atoms with Gasteiger partial charge in [-0.15, -0.1) is 0 Å². The molecule has 3 aromatic rings. The van der Waals surface area contributed by atoms with Crippen molar-refractivity contribution in [3.05, 3.63) is 77.4 Å². The van der Waals surface area contributed by atoms with Gasteiger partial charge < -0.3 is 4.74 Å². The molecule has 0 saturated carbocycles. The number of anilines is 2. The SMILES string of the molecule is COc1ccc(S(=O)(=O)Nc2c(F)cccc2C#N)cc1S(=O)(=O)Nc1c(F)cccc1C#N. The van der Waals surface area contributed by atoms with Crippen molar-refractivity contribution in [1.29, 1.82) is 10.5 Å². The number of hydrogen-bond acceptors (Lipinski definition) is 7. The Morgan fingerprint density at radius 2 is 1.29 bits per heavy atom. The van der Waals surface area contributed by atoms with Gasteiger partial charge in [0.05, 0.1) is 23.1 Å². The van der Waals surface area contributed by atoms with Gasteiger partial charge in [-0.3, -0.25) is 9.44 Å². The Morgan fingerprint density at radius 1 is 0.794 bits per heavy atom. The van der Waals surface area contributed by atoms with Crippen molar-refractivity contribution in [3.63, 3.8) is 0 Å². The topological polar surface area (TPSA) is 149 Å². The van der Waals surface area contributed by atoms with Gasteiger partial charge in [-0.1, -0.05) is 12.1 Å². The first-order valence-electron chi connectivity index (χ1n) is 9.15. The highest BCUT2D eigenvalue weighted by Gasteiger charge is 2.27. The summed E-state index contributed by atoms with van der Waals surface area (Å²) in [6, 6.07) is 12.7. The summed E-state index contributed by atoms with van der Waals surface area (Å²) >= 11 is 0. The summed E-state index contributed by atoms with van der Waals surface area (Å²) in [5.74, 6) is -2.34. The Bertz CT molecular complexity index is 1580. The molecule has 0 atom stereocenters. The van der Waals surface area contributed by atoms with Crippen molar-refractivity contribution in [2.24, 2.45) is 0 Å². The van der Waals surface area contributed by atoms with Gasteiger partial charge in [-0.25, -0.2) is 25.6 Å². The molecule has 0 radical (unpaired) electrons. The van der Waals surface area contributed by atoms with Gasteiger partial charge >= 0.3 is 0 Å². The summed E-state index contributed by atoms with van der Waals surface area (Å²) in [6.45, 7) is 0. The minimum absolute atomic E-state index is 0.287. The second-order valence-electron chi connectivity index (χ2n) is 6.57. The van der Waals surface area contributed by atoms with Crippen LogP contribution < -0.4 is 14.2 Å². The van der Waals surface area contributed by atoms with Gasteiger partial charge in [0.25, 0.3) is 20.0 Å². The van der Waals surface area contributed by atoms with Crippen molar-refractivity contribution in [3.8, 4) is 17.9 Å². The molecule has 3 aromatic carbocycles. The zero-order valence-corrected chi connectivity index (χ0v) is 18.8. The average Bonchev–Trinajstić information content (AvgIpc) is 2.81. The number of ether oxygens (including phenoxy) is 1. The zero-order chi connectivity index (χ0) is 25.1. The fourth-order valence-electron chi connectivity index (χ4n) is 2.86. The van der Waals surface area contributed by atoms with Crippen LogP contribution in [0.5, 0.6) is 5.75 Å². The standard InChI is InChI=1S/C21H14F2N4O5S2/c1-32-18-9-8-15(33(28,29)26-20-13(11-24)4-2-6-16(20)22)10-19(18)34(30,31)27-21-14(12-25)5-3-7-17(21)23/h2-10,26-27H,1H3. The fraction of sp³-hybridized carbons (Fsp3) is 0.0476. The summed E-state index contributed by atoms with van der Waals surface area (Å²) in [6.07, 6.45) is 0. The number of para-hydroxylation sites is 2. The van der Waals surface area contributed by atoms with Crippen molar-refractivity contribution < 1.29 is 30.4 Å². The van der Waals surface area contributed by atoms with Crippen molar-refractivity contribution in [2.45, 2.75) is 9.79 Å². The van der Waals surface area contributed by atoms with Gasteiger partial charge in [0, 0.05) is 0 Å². The van der Waals surface area contributed by atoms with Crippen LogP contribution in [-0.4, -0.2) is 23.9 Å². The van der Waals surface area contributed by atoms with Crippen LogP contribution in [0.1, 0.15) is 11.1 Å². The molecular formula is C21H14F2N4O5S2. The molecule has 0 aliphatic heterocycles. The van der Waals surface area contributed by atoms with E-state index in [1.54, 1.807) is 12.1 Å². The van der Waals surface area contributed by atoms with E-state index in [0.29, 0.717) is 6.07 Å². The number of methoxy groups -OCH3 is 1. The van der Waals surface area contributed by atoms with Gasteiger partial charge in [0.1, 0.15) is 45.8 Å². The lowest BCUT2D eigenvalue weighted by Crippen LogP contribution is -2.19. The molecule has 2 N–H and O–H groups in total. The molecule has 0 fully saturated rings. The maximum atomic E-state index is 14.2. The minimum Gasteiger partial charge on any atom is -0.495 e. The van der Waals surface area contributed by atoms with Crippen molar-refractivity contribution in [2.75, 3.05) is 16.6 Å². The molecule has 0 saturated heterocycles. The normalized spacial score (nSPS) is 11.2. The van der Waals surface area contributed by atoms with Crippen LogP contribution in [-0.2, 0) is 20.0 Å². The number of halogens is 2. The first-order valence-corrected chi connectivity index (χ1v) is 12.1. The van der Waals surface area contributed by atoms with E-state index in [4.69, 9.17) is 15.3 Å². The quantitative estimate of drug-likeness (QED) is 0.501. The third kappa shape index (κ3) is 4.76. The fourth-order valence-corrected chi connectivity index (χ4v) is 5.33. The average molecular weight is 504 g/mol. The first kappa shape index (κ1) is 24.4. The number of rotatable bonds is 7. The lowest BCUT2D eigenvalue weighted by Gasteiger charge is -2.15. The molecule has 0 aromatic heterocycles. The molecule has 0 unspecified atom stereocenters. The predicted octanol–water partition coefficient (Wildman–Crippen LogP) is 3.32. The Balaban J connectivity index is 2.10. The summed E-state index contributed by atoms with van der Waals surface area (Å²) in [5.41, 5.74) is -1.86. The van der Waals surface area contributed by atoms with E-state index in [9.17, 15) is 25.6 Å². The molecule has 0 aliphatic rings. The van der Waals surface area contributed by atoms with E-state index in [2.05, 4.69) is 0 Å². The number of sulfonamides is 2. The maximum absolute atomic E-state index is 14.2. The van der Waals surface area contributed by atoms with E-state index < -0.39 is 52.8 Å². The molecule has 34 heavy (non-hydrogen) atoms. The highest BCUT2D eigenvalue weighted by Crippen LogP contribution is 2.31. The molecule has 0 spiro atoms.